The molecule has 0 unspecified atom stereocenters. The summed E-state index contributed by atoms with van der Waals surface area (Å²) in [5.74, 6) is -0.0119. The van der Waals surface area contributed by atoms with E-state index in [2.05, 4.69) is 9.97 Å². The fourth-order valence-electron chi connectivity index (χ4n) is 1.80. The first-order valence-corrected chi connectivity index (χ1v) is 5.40. The predicted octanol–water partition coefficient (Wildman–Crippen LogP) is -0.226. The number of aromatic amines is 1. The van der Waals surface area contributed by atoms with E-state index in [0.29, 0.717) is 31.9 Å². The van der Waals surface area contributed by atoms with Gasteiger partial charge in [-0.25, -0.2) is 9.78 Å². The molecule has 0 atom stereocenters. The van der Waals surface area contributed by atoms with E-state index in [4.69, 9.17) is 5.11 Å². The quantitative estimate of drug-likeness (QED) is 0.745. The van der Waals surface area contributed by atoms with Gasteiger partial charge in [0.15, 0.2) is 0 Å². The normalized spacial score (nSPS) is 16.0. The van der Waals surface area contributed by atoms with Crippen molar-refractivity contribution < 1.29 is 14.7 Å². The van der Waals surface area contributed by atoms with Crippen molar-refractivity contribution in [3.63, 3.8) is 0 Å². The lowest BCUT2D eigenvalue weighted by Gasteiger charge is -2.33. The molecule has 1 fully saturated rings. The third-order valence-electron chi connectivity index (χ3n) is 2.79. The molecule has 2 heterocycles. The van der Waals surface area contributed by atoms with Gasteiger partial charge in [-0.3, -0.25) is 4.79 Å². The number of carboxylic acid groups (broad SMARTS) is 1. The van der Waals surface area contributed by atoms with E-state index < -0.39 is 6.09 Å². The van der Waals surface area contributed by atoms with Crippen molar-refractivity contribution in [1.82, 2.24) is 19.8 Å². The Labute approximate surface area is 98.0 Å². The molecule has 2 rings (SSSR count). The van der Waals surface area contributed by atoms with Gasteiger partial charge in [-0.15, -0.1) is 0 Å². The summed E-state index contributed by atoms with van der Waals surface area (Å²) in [4.78, 5) is 32.3. The molecule has 7 heteroatoms. The molecule has 17 heavy (non-hydrogen) atoms. The molecule has 7 nitrogen and oxygen atoms in total. The maximum absolute atomic E-state index is 11.8. The monoisotopic (exact) mass is 238 g/mol. The van der Waals surface area contributed by atoms with Crippen molar-refractivity contribution in [2.24, 2.45) is 0 Å². The van der Waals surface area contributed by atoms with Gasteiger partial charge in [0.2, 0.25) is 5.91 Å². The minimum Gasteiger partial charge on any atom is -0.465 e. The zero-order chi connectivity index (χ0) is 12.3. The van der Waals surface area contributed by atoms with Crippen LogP contribution < -0.4 is 0 Å². The van der Waals surface area contributed by atoms with Gasteiger partial charge in [0.05, 0.1) is 18.4 Å². The Balaban J connectivity index is 1.84. The van der Waals surface area contributed by atoms with E-state index in [0.717, 1.165) is 0 Å². The summed E-state index contributed by atoms with van der Waals surface area (Å²) in [6.07, 6.45) is 2.55. The summed E-state index contributed by atoms with van der Waals surface area (Å²) < 4.78 is 0. The first kappa shape index (κ1) is 11.4. The fourth-order valence-corrected chi connectivity index (χ4v) is 1.80. The molecule has 1 aromatic heterocycles. The minimum atomic E-state index is -0.926. The summed E-state index contributed by atoms with van der Waals surface area (Å²) >= 11 is 0. The lowest BCUT2D eigenvalue weighted by Crippen LogP contribution is -2.50. The number of carbonyl (C=O) groups is 2. The predicted molar refractivity (Wildman–Crippen MR) is 58.5 cm³/mol. The SMILES string of the molecule is O=C(O)N1CCN(C(=O)Cc2c[nH]cn2)CC1. The number of carbonyl (C=O) groups excluding carboxylic acids is 1. The summed E-state index contributed by atoms with van der Waals surface area (Å²) in [5, 5.41) is 8.78. The van der Waals surface area contributed by atoms with Gasteiger partial charge < -0.3 is 19.9 Å². The second kappa shape index (κ2) is 4.86. The average Bonchev–Trinajstić information content (AvgIpc) is 2.82. The number of hydrogen-bond donors (Lipinski definition) is 2. The van der Waals surface area contributed by atoms with Crippen LogP contribution in [0.25, 0.3) is 0 Å². The molecule has 0 bridgehead atoms. The number of piperazine rings is 1. The summed E-state index contributed by atoms with van der Waals surface area (Å²) in [6, 6.07) is 0. The van der Waals surface area contributed by atoms with Crippen LogP contribution in [0.5, 0.6) is 0 Å². The fraction of sp³-hybridized carbons (Fsp3) is 0.500. The number of imidazole rings is 1. The van der Waals surface area contributed by atoms with Gasteiger partial charge in [-0.1, -0.05) is 0 Å². The minimum absolute atomic E-state index is 0.0119. The average molecular weight is 238 g/mol. The summed E-state index contributed by atoms with van der Waals surface area (Å²) in [7, 11) is 0. The molecule has 0 spiro atoms. The molecular formula is C10H14N4O3. The van der Waals surface area contributed by atoms with Crippen molar-refractivity contribution in [3.8, 4) is 0 Å². The van der Waals surface area contributed by atoms with Crippen molar-refractivity contribution in [3.05, 3.63) is 18.2 Å². The number of hydrogen-bond acceptors (Lipinski definition) is 3. The zero-order valence-electron chi connectivity index (χ0n) is 9.30. The lowest BCUT2D eigenvalue weighted by molar-refractivity contribution is -0.132. The second-order valence-corrected chi connectivity index (χ2v) is 3.89. The van der Waals surface area contributed by atoms with Crippen molar-refractivity contribution in [2.75, 3.05) is 26.2 Å². The molecule has 0 radical (unpaired) electrons. The highest BCUT2D eigenvalue weighted by molar-refractivity contribution is 5.78. The lowest BCUT2D eigenvalue weighted by atomic mass is 10.2. The van der Waals surface area contributed by atoms with E-state index in [1.807, 2.05) is 0 Å². The second-order valence-electron chi connectivity index (χ2n) is 3.89. The Morgan fingerprint density at radius 3 is 2.47 bits per heavy atom. The van der Waals surface area contributed by atoms with Crippen LogP contribution in [0.1, 0.15) is 5.69 Å². The Kier molecular flexibility index (Phi) is 3.27. The highest BCUT2D eigenvalue weighted by Crippen LogP contribution is 2.05. The van der Waals surface area contributed by atoms with Gasteiger partial charge in [-0.2, -0.15) is 0 Å². The van der Waals surface area contributed by atoms with E-state index in [-0.39, 0.29) is 12.3 Å². The van der Waals surface area contributed by atoms with Crippen LogP contribution >= 0.6 is 0 Å². The molecule has 2 amide bonds. The van der Waals surface area contributed by atoms with Crippen molar-refractivity contribution in [2.45, 2.75) is 6.42 Å². The van der Waals surface area contributed by atoms with Crippen molar-refractivity contribution >= 4 is 12.0 Å². The highest BCUT2D eigenvalue weighted by Gasteiger charge is 2.23. The molecule has 92 valence electrons. The van der Waals surface area contributed by atoms with Crippen LogP contribution in [-0.4, -0.2) is 63.1 Å². The number of aromatic nitrogens is 2. The Morgan fingerprint density at radius 2 is 1.94 bits per heavy atom. The van der Waals surface area contributed by atoms with Crippen LogP contribution in [0, 0.1) is 0 Å². The molecule has 0 aliphatic carbocycles. The summed E-state index contributed by atoms with van der Waals surface area (Å²) in [5.41, 5.74) is 0.704. The van der Waals surface area contributed by atoms with Gasteiger partial charge in [0, 0.05) is 32.4 Å². The van der Waals surface area contributed by atoms with E-state index >= 15 is 0 Å². The first-order valence-electron chi connectivity index (χ1n) is 5.40. The van der Waals surface area contributed by atoms with Crippen LogP contribution in [-0.2, 0) is 11.2 Å². The molecule has 0 aromatic carbocycles. The molecule has 1 aromatic rings. The molecule has 2 N–H and O–H groups in total. The number of H-pyrrole nitrogens is 1. The third-order valence-corrected chi connectivity index (χ3v) is 2.79. The smallest absolute Gasteiger partial charge is 0.407 e. The summed E-state index contributed by atoms with van der Waals surface area (Å²) in [6.45, 7) is 1.66. The number of rotatable bonds is 2. The molecule has 1 aliphatic rings. The van der Waals surface area contributed by atoms with Gasteiger partial charge >= 0.3 is 6.09 Å². The first-order chi connectivity index (χ1) is 8.16. The maximum Gasteiger partial charge on any atom is 0.407 e. The number of amides is 2. The van der Waals surface area contributed by atoms with Crippen molar-refractivity contribution in [1.29, 1.82) is 0 Å². The van der Waals surface area contributed by atoms with E-state index in [9.17, 15) is 9.59 Å². The third kappa shape index (κ3) is 2.74. The number of nitrogens with zero attached hydrogens (tertiary/aromatic N) is 3. The topological polar surface area (TPSA) is 89.5 Å². The van der Waals surface area contributed by atoms with Gasteiger partial charge in [0.1, 0.15) is 0 Å². The standard InChI is InChI=1S/C10H14N4O3/c15-9(5-8-6-11-7-12-8)13-1-3-14(4-2-13)10(16)17/h6-7H,1-5H2,(H,11,12)(H,16,17). The highest BCUT2D eigenvalue weighted by atomic mass is 16.4. The molecular weight excluding hydrogens is 224 g/mol. The molecule has 0 saturated carbocycles. The van der Waals surface area contributed by atoms with Gasteiger partial charge in [-0.05, 0) is 0 Å². The van der Waals surface area contributed by atoms with E-state index in [1.165, 1.54) is 11.2 Å². The Morgan fingerprint density at radius 1 is 1.29 bits per heavy atom. The van der Waals surface area contributed by atoms with Gasteiger partial charge in [0.25, 0.3) is 0 Å². The largest absolute Gasteiger partial charge is 0.465 e. The maximum atomic E-state index is 11.8. The number of nitrogens with one attached hydrogen (secondary N) is 1. The molecule has 1 saturated heterocycles. The van der Waals surface area contributed by atoms with E-state index in [1.54, 1.807) is 11.1 Å². The van der Waals surface area contributed by atoms with Crippen LogP contribution in [0.4, 0.5) is 4.79 Å². The van der Waals surface area contributed by atoms with Crippen LogP contribution in [0.3, 0.4) is 0 Å². The zero-order valence-corrected chi connectivity index (χ0v) is 9.30. The molecule has 1 aliphatic heterocycles. The Hall–Kier alpha value is -2.05. The van der Waals surface area contributed by atoms with Crippen LogP contribution in [0.15, 0.2) is 12.5 Å². The Bertz CT molecular complexity index is 396. The van der Waals surface area contributed by atoms with Crippen LogP contribution in [0.2, 0.25) is 0 Å².